The minimum absolute atomic E-state index is 0.0854. The Kier molecular flexibility index (Phi) is 5.19. The molecule has 1 atom stereocenters. The summed E-state index contributed by atoms with van der Waals surface area (Å²) in [4.78, 5) is 14.5. The molecule has 1 amide bonds. The van der Waals surface area contributed by atoms with Gasteiger partial charge in [0.05, 0.1) is 5.52 Å². The number of H-pyrrole nitrogens is 1. The summed E-state index contributed by atoms with van der Waals surface area (Å²) in [7, 11) is 0. The average molecular weight is 403 g/mol. The second-order valence-electron chi connectivity index (χ2n) is 7.16. The van der Waals surface area contributed by atoms with Crippen LogP contribution in [0.2, 0.25) is 0 Å². The summed E-state index contributed by atoms with van der Waals surface area (Å²) in [5.41, 5.74) is 7.25. The molecule has 5 nitrogen and oxygen atoms in total. The van der Waals surface area contributed by atoms with Gasteiger partial charge in [0.15, 0.2) is 11.6 Å². The number of ether oxygens (including phenoxy) is 1. The van der Waals surface area contributed by atoms with Crippen molar-refractivity contribution in [3.05, 3.63) is 64.6 Å². The molecule has 1 aliphatic rings. The van der Waals surface area contributed by atoms with Crippen molar-refractivity contribution in [2.45, 2.75) is 25.3 Å². The van der Waals surface area contributed by atoms with Crippen LogP contribution in [0.4, 0.5) is 13.2 Å². The van der Waals surface area contributed by atoms with Crippen molar-refractivity contribution in [2.75, 3.05) is 13.2 Å². The fourth-order valence-corrected chi connectivity index (χ4v) is 3.81. The molecule has 0 bridgehead atoms. The van der Waals surface area contributed by atoms with Crippen molar-refractivity contribution in [3.63, 3.8) is 0 Å². The van der Waals surface area contributed by atoms with Crippen molar-refractivity contribution in [1.82, 2.24) is 10.3 Å². The molecule has 4 rings (SSSR count). The summed E-state index contributed by atoms with van der Waals surface area (Å²) >= 11 is 0. The predicted octanol–water partition coefficient (Wildman–Crippen LogP) is 3.21. The Morgan fingerprint density at radius 3 is 2.86 bits per heavy atom. The number of carbonyl (C=O) groups excluding carboxylic acids is 1. The molecule has 4 N–H and O–H groups in total. The summed E-state index contributed by atoms with van der Waals surface area (Å²) < 4.78 is 46.7. The highest BCUT2D eigenvalue weighted by molar-refractivity contribution is 5.95. The smallest absolute Gasteiger partial charge is 0.249 e. The molecule has 8 heteroatoms. The highest BCUT2D eigenvalue weighted by atomic mass is 19.1. The average Bonchev–Trinajstić information content (AvgIpc) is 3.08. The molecule has 152 valence electrons. The van der Waals surface area contributed by atoms with Gasteiger partial charge in [0.2, 0.25) is 5.91 Å². The summed E-state index contributed by atoms with van der Waals surface area (Å²) in [5, 5.41) is 3.86. The van der Waals surface area contributed by atoms with Gasteiger partial charge in [-0.3, -0.25) is 4.79 Å². The number of halogens is 3. The van der Waals surface area contributed by atoms with E-state index in [1.54, 1.807) is 6.20 Å². The van der Waals surface area contributed by atoms with Gasteiger partial charge in [0.25, 0.3) is 0 Å². The van der Waals surface area contributed by atoms with Gasteiger partial charge in [0.1, 0.15) is 18.2 Å². The van der Waals surface area contributed by atoms with E-state index in [1.165, 1.54) is 18.2 Å². The standard InChI is InChI=1S/C21H20F3N3O2/c22-12-6-15-11(9-27-19(15)18(24)7-12)2-1-5-26-13-8-16-14(21(25)28)3-4-17(23)20(16)29-10-13/h3-4,6-7,9,13,26-27H,1-2,5,8,10H2,(H2,25,28). The molecule has 0 aliphatic carbocycles. The first kappa shape index (κ1) is 19.3. The third-order valence-corrected chi connectivity index (χ3v) is 5.20. The topological polar surface area (TPSA) is 80.1 Å². The summed E-state index contributed by atoms with van der Waals surface area (Å²) in [6, 6.07) is 4.63. The second kappa shape index (κ2) is 7.79. The Bertz CT molecular complexity index is 1080. The molecule has 1 unspecified atom stereocenters. The number of nitrogens with two attached hydrogens (primary N) is 1. The highest BCUT2D eigenvalue weighted by Gasteiger charge is 2.26. The molecule has 0 fully saturated rings. The van der Waals surface area contributed by atoms with E-state index in [0.717, 1.165) is 18.1 Å². The monoisotopic (exact) mass is 403 g/mol. The van der Waals surface area contributed by atoms with Crippen molar-refractivity contribution in [2.24, 2.45) is 5.73 Å². The maximum atomic E-state index is 13.9. The van der Waals surface area contributed by atoms with Crippen LogP contribution in [0.5, 0.6) is 5.75 Å². The number of primary amides is 1. The zero-order valence-corrected chi connectivity index (χ0v) is 15.5. The maximum Gasteiger partial charge on any atom is 0.249 e. The van der Waals surface area contributed by atoms with Gasteiger partial charge in [-0.25, -0.2) is 13.2 Å². The number of benzene rings is 2. The number of aromatic amines is 1. The molecule has 2 heterocycles. The molecule has 1 aromatic heterocycles. The van der Waals surface area contributed by atoms with E-state index < -0.39 is 23.4 Å². The van der Waals surface area contributed by atoms with Crippen LogP contribution in [-0.2, 0) is 12.8 Å². The number of fused-ring (bicyclic) bond motifs is 2. The lowest BCUT2D eigenvalue weighted by Crippen LogP contribution is -2.40. The maximum absolute atomic E-state index is 13.9. The summed E-state index contributed by atoms with van der Waals surface area (Å²) in [6.07, 6.45) is 3.46. The second-order valence-corrected chi connectivity index (χ2v) is 7.16. The lowest BCUT2D eigenvalue weighted by atomic mass is 9.96. The van der Waals surface area contributed by atoms with Gasteiger partial charge in [-0.05, 0) is 49.6 Å². The Morgan fingerprint density at radius 2 is 2.07 bits per heavy atom. The van der Waals surface area contributed by atoms with Crippen LogP contribution >= 0.6 is 0 Å². The first-order valence-corrected chi connectivity index (χ1v) is 9.36. The van der Waals surface area contributed by atoms with Crippen molar-refractivity contribution < 1.29 is 22.7 Å². The molecule has 0 saturated heterocycles. The van der Waals surface area contributed by atoms with Crippen LogP contribution in [0.1, 0.15) is 27.9 Å². The minimum Gasteiger partial charge on any atom is -0.489 e. The number of hydrogen-bond acceptors (Lipinski definition) is 3. The van der Waals surface area contributed by atoms with Crippen LogP contribution < -0.4 is 15.8 Å². The normalized spacial score (nSPS) is 15.9. The fourth-order valence-electron chi connectivity index (χ4n) is 3.81. The Morgan fingerprint density at radius 1 is 1.24 bits per heavy atom. The molecule has 0 saturated carbocycles. The van der Waals surface area contributed by atoms with Crippen molar-refractivity contribution in [3.8, 4) is 5.75 Å². The first-order chi connectivity index (χ1) is 13.9. The van der Waals surface area contributed by atoms with Crippen LogP contribution in [0.25, 0.3) is 10.9 Å². The van der Waals surface area contributed by atoms with E-state index in [1.807, 2.05) is 0 Å². The fraction of sp³-hybridized carbons (Fsp3) is 0.286. The Labute approximate surface area is 165 Å². The van der Waals surface area contributed by atoms with E-state index in [4.69, 9.17) is 10.5 Å². The minimum atomic E-state index is -0.621. The third kappa shape index (κ3) is 3.80. The van der Waals surface area contributed by atoms with Crippen LogP contribution in [0.3, 0.4) is 0 Å². The van der Waals surface area contributed by atoms with Gasteiger partial charge in [0, 0.05) is 34.8 Å². The number of aryl methyl sites for hydroxylation is 1. The van der Waals surface area contributed by atoms with E-state index in [9.17, 15) is 18.0 Å². The van der Waals surface area contributed by atoms with Gasteiger partial charge >= 0.3 is 0 Å². The van der Waals surface area contributed by atoms with E-state index >= 15 is 0 Å². The molecule has 0 radical (unpaired) electrons. The molecular weight excluding hydrogens is 383 g/mol. The first-order valence-electron chi connectivity index (χ1n) is 9.36. The van der Waals surface area contributed by atoms with E-state index in [-0.39, 0.29) is 24.0 Å². The molecule has 1 aliphatic heterocycles. The van der Waals surface area contributed by atoms with Crippen LogP contribution in [0.15, 0.2) is 30.5 Å². The van der Waals surface area contributed by atoms with E-state index in [0.29, 0.717) is 35.9 Å². The van der Waals surface area contributed by atoms with Gasteiger partial charge in [-0.1, -0.05) is 0 Å². The Balaban J connectivity index is 1.37. The van der Waals surface area contributed by atoms with Crippen LogP contribution in [0, 0.1) is 17.5 Å². The summed E-state index contributed by atoms with van der Waals surface area (Å²) in [6.45, 7) is 0.894. The molecule has 3 aromatic rings. The molecule has 2 aromatic carbocycles. The van der Waals surface area contributed by atoms with E-state index in [2.05, 4.69) is 10.3 Å². The molecular formula is C21H20F3N3O2. The zero-order chi connectivity index (χ0) is 20.5. The quantitative estimate of drug-likeness (QED) is 0.553. The number of rotatable bonds is 6. The number of amides is 1. The SMILES string of the molecule is NC(=O)c1ccc(F)c2c1CC(NCCCc1c[nH]c3c(F)cc(F)cc13)CO2. The largest absolute Gasteiger partial charge is 0.489 e. The molecule has 0 spiro atoms. The number of aromatic nitrogens is 1. The lowest BCUT2D eigenvalue weighted by Gasteiger charge is -2.27. The van der Waals surface area contributed by atoms with Gasteiger partial charge in [-0.2, -0.15) is 0 Å². The number of hydrogen-bond donors (Lipinski definition) is 3. The number of carbonyl (C=O) groups is 1. The van der Waals surface area contributed by atoms with Crippen molar-refractivity contribution >= 4 is 16.8 Å². The lowest BCUT2D eigenvalue weighted by molar-refractivity contribution is 0.0997. The van der Waals surface area contributed by atoms with Gasteiger partial charge in [-0.15, -0.1) is 0 Å². The highest BCUT2D eigenvalue weighted by Crippen LogP contribution is 2.31. The predicted molar refractivity (Wildman–Crippen MR) is 102 cm³/mol. The zero-order valence-electron chi connectivity index (χ0n) is 15.5. The summed E-state index contributed by atoms with van der Waals surface area (Å²) in [5.74, 6) is -2.27. The third-order valence-electron chi connectivity index (χ3n) is 5.20. The van der Waals surface area contributed by atoms with Crippen molar-refractivity contribution in [1.29, 1.82) is 0 Å². The van der Waals surface area contributed by atoms with Gasteiger partial charge < -0.3 is 20.8 Å². The number of nitrogens with one attached hydrogen (secondary N) is 2. The Hall–Kier alpha value is -3.00. The van der Waals surface area contributed by atoms with Crippen LogP contribution in [-0.4, -0.2) is 30.1 Å². The molecule has 29 heavy (non-hydrogen) atoms.